The molecule has 1 fully saturated rings. The number of rotatable bonds is 0. The monoisotopic (exact) mass is 181 g/mol. The zero-order valence-corrected chi connectivity index (χ0v) is 7.70. The molecule has 0 aliphatic carbocycles. The number of nitrogens with two attached hydrogens (primary N) is 1. The van der Waals surface area contributed by atoms with Gasteiger partial charge < -0.3 is 15.4 Å². The van der Waals surface area contributed by atoms with Crippen LogP contribution in [0.25, 0.3) is 0 Å². The van der Waals surface area contributed by atoms with E-state index in [-0.39, 0.29) is 0 Å². The molecule has 13 heavy (non-hydrogen) atoms. The van der Waals surface area contributed by atoms with Crippen molar-refractivity contribution < 1.29 is 4.74 Å². The van der Waals surface area contributed by atoms with Crippen molar-refractivity contribution in [2.75, 3.05) is 26.3 Å². The van der Waals surface area contributed by atoms with Crippen molar-refractivity contribution in [3.05, 3.63) is 11.9 Å². The molecule has 1 saturated heterocycles. The molecule has 0 radical (unpaired) electrons. The first kappa shape index (κ1) is 8.56. The second-order valence-electron chi connectivity index (χ2n) is 3.35. The highest BCUT2D eigenvalue weighted by atomic mass is 16.5. The van der Waals surface area contributed by atoms with Gasteiger partial charge in [-0.05, 0) is 6.42 Å². The summed E-state index contributed by atoms with van der Waals surface area (Å²) in [6.45, 7) is 3.57. The molecule has 0 spiro atoms. The van der Waals surface area contributed by atoms with Crippen LogP contribution in [0, 0.1) is 0 Å². The molecule has 0 saturated carbocycles. The molecule has 0 bridgehead atoms. The third kappa shape index (κ3) is 2.01. The van der Waals surface area contributed by atoms with E-state index in [0.717, 1.165) is 50.7 Å². The summed E-state index contributed by atoms with van der Waals surface area (Å²) in [6, 6.07) is 0. The number of morpholine rings is 1. The van der Waals surface area contributed by atoms with E-state index in [1.165, 1.54) is 0 Å². The fourth-order valence-corrected chi connectivity index (χ4v) is 1.60. The molecule has 0 aromatic rings. The predicted molar refractivity (Wildman–Crippen MR) is 51.3 cm³/mol. The van der Waals surface area contributed by atoms with Crippen molar-refractivity contribution in [1.82, 2.24) is 4.90 Å². The predicted octanol–water partition coefficient (Wildman–Crippen LogP) is 0.311. The molecule has 4 heteroatoms. The molecule has 2 N–H and O–H groups in total. The van der Waals surface area contributed by atoms with E-state index in [1.807, 2.05) is 0 Å². The van der Waals surface area contributed by atoms with Gasteiger partial charge in [0.25, 0.3) is 0 Å². The van der Waals surface area contributed by atoms with Crippen LogP contribution < -0.4 is 5.73 Å². The highest BCUT2D eigenvalue weighted by Gasteiger charge is 2.16. The average Bonchev–Trinajstić information content (AvgIpc) is 2.20. The smallest absolute Gasteiger partial charge is 0.105 e. The Hall–Kier alpha value is -1.03. The summed E-state index contributed by atoms with van der Waals surface area (Å²) in [5.41, 5.74) is 6.52. The topological polar surface area (TPSA) is 50.8 Å². The summed E-state index contributed by atoms with van der Waals surface area (Å²) in [5.74, 6) is 1.16. The molecule has 0 aromatic carbocycles. The number of amidine groups is 1. The van der Waals surface area contributed by atoms with Gasteiger partial charge in [-0.3, -0.25) is 0 Å². The van der Waals surface area contributed by atoms with Gasteiger partial charge in [0, 0.05) is 31.4 Å². The second-order valence-corrected chi connectivity index (χ2v) is 3.35. The van der Waals surface area contributed by atoms with E-state index in [1.54, 1.807) is 6.20 Å². The lowest BCUT2D eigenvalue weighted by atomic mass is 10.2. The molecule has 2 aliphatic rings. The Bertz CT molecular complexity index is 241. The normalized spacial score (nSPS) is 23.8. The van der Waals surface area contributed by atoms with Crippen LogP contribution in [-0.4, -0.2) is 37.0 Å². The van der Waals surface area contributed by atoms with Crippen LogP contribution in [0.3, 0.4) is 0 Å². The van der Waals surface area contributed by atoms with E-state index in [9.17, 15) is 0 Å². The molecular formula is C9H15N3O. The highest BCUT2D eigenvalue weighted by Crippen LogP contribution is 2.11. The van der Waals surface area contributed by atoms with Gasteiger partial charge in [-0.25, -0.2) is 4.99 Å². The molecular weight excluding hydrogens is 166 g/mol. The zero-order chi connectivity index (χ0) is 9.10. The number of hydrogen-bond donors (Lipinski definition) is 1. The summed E-state index contributed by atoms with van der Waals surface area (Å²) in [6.07, 6.45) is 3.69. The SMILES string of the molecule is NC1=CN=C(N2CCOCC2)CC1. The molecule has 0 amide bonds. The minimum Gasteiger partial charge on any atom is -0.401 e. The van der Waals surface area contributed by atoms with E-state index in [4.69, 9.17) is 10.5 Å². The molecule has 0 aromatic heterocycles. The number of ether oxygens (including phenoxy) is 1. The Morgan fingerprint density at radius 3 is 2.69 bits per heavy atom. The second kappa shape index (κ2) is 3.79. The Balaban J connectivity index is 1.99. The summed E-state index contributed by atoms with van der Waals surface area (Å²) in [5, 5.41) is 0. The Morgan fingerprint density at radius 2 is 2.08 bits per heavy atom. The fourth-order valence-electron chi connectivity index (χ4n) is 1.60. The van der Waals surface area contributed by atoms with Gasteiger partial charge in [0.1, 0.15) is 5.84 Å². The highest BCUT2D eigenvalue weighted by molar-refractivity contribution is 5.84. The molecule has 0 atom stereocenters. The van der Waals surface area contributed by atoms with Gasteiger partial charge in [-0.2, -0.15) is 0 Å². The zero-order valence-electron chi connectivity index (χ0n) is 7.70. The van der Waals surface area contributed by atoms with Crippen LogP contribution in [0.2, 0.25) is 0 Å². The van der Waals surface area contributed by atoms with Gasteiger partial charge in [-0.1, -0.05) is 0 Å². The van der Waals surface area contributed by atoms with Crippen LogP contribution >= 0.6 is 0 Å². The van der Waals surface area contributed by atoms with Crippen LogP contribution in [0.5, 0.6) is 0 Å². The number of aliphatic imine (C=N–C) groups is 1. The summed E-state index contributed by atoms with van der Waals surface area (Å²) in [4.78, 5) is 6.62. The first-order valence-electron chi connectivity index (χ1n) is 4.70. The average molecular weight is 181 g/mol. The minimum absolute atomic E-state index is 0.818. The van der Waals surface area contributed by atoms with Gasteiger partial charge in [0.2, 0.25) is 0 Å². The molecule has 2 rings (SSSR count). The number of hydrogen-bond acceptors (Lipinski definition) is 4. The molecule has 2 heterocycles. The van der Waals surface area contributed by atoms with Crippen molar-refractivity contribution in [3.8, 4) is 0 Å². The molecule has 72 valence electrons. The summed E-state index contributed by atoms with van der Waals surface area (Å²) in [7, 11) is 0. The van der Waals surface area contributed by atoms with Crippen molar-refractivity contribution in [1.29, 1.82) is 0 Å². The standard InChI is InChI=1S/C9H15N3O/c10-8-1-2-9(11-7-8)12-3-5-13-6-4-12/h7H,1-6,10H2. The first-order chi connectivity index (χ1) is 6.36. The van der Waals surface area contributed by atoms with Gasteiger partial charge in [0.05, 0.1) is 13.2 Å². The van der Waals surface area contributed by atoms with Crippen molar-refractivity contribution >= 4 is 5.84 Å². The van der Waals surface area contributed by atoms with E-state index < -0.39 is 0 Å². The maximum atomic E-state index is 5.64. The lowest BCUT2D eigenvalue weighted by molar-refractivity contribution is 0.0671. The summed E-state index contributed by atoms with van der Waals surface area (Å²) < 4.78 is 5.27. The van der Waals surface area contributed by atoms with Crippen molar-refractivity contribution in [3.63, 3.8) is 0 Å². The van der Waals surface area contributed by atoms with E-state index in [2.05, 4.69) is 9.89 Å². The van der Waals surface area contributed by atoms with Gasteiger partial charge >= 0.3 is 0 Å². The van der Waals surface area contributed by atoms with Crippen LogP contribution in [0.15, 0.2) is 16.9 Å². The minimum atomic E-state index is 0.818. The van der Waals surface area contributed by atoms with Crippen molar-refractivity contribution in [2.24, 2.45) is 10.7 Å². The third-order valence-corrected chi connectivity index (χ3v) is 2.39. The number of nitrogens with zero attached hydrogens (tertiary/aromatic N) is 2. The maximum Gasteiger partial charge on any atom is 0.105 e. The van der Waals surface area contributed by atoms with Crippen LogP contribution in [0.1, 0.15) is 12.8 Å². The third-order valence-electron chi connectivity index (χ3n) is 2.39. The molecule has 0 unspecified atom stereocenters. The Kier molecular flexibility index (Phi) is 2.49. The Morgan fingerprint density at radius 1 is 1.31 bits per heavy atom. The maximum absolute atomic E-state index is 5.64. The largest absolute Gasteiger partial charge is 0.401 e. The van der Waals surface area contributed by atoms with E-state index >= 15 is 0 Å². The van der Waals surface area contributed by atoms with Crippen molar-refractivity contribution in [2.45, 2.75) is 12.8 Å². The van der Waals surface area contributed by atoms with E-state index in [0.29, 0.717) is 0 Å². The Labute approximate surface area is 78.1 Å². The quantitative estimate of drug-likeness (QED) is 0.585. The fraction of sp³-hybridized carbons (Fsp3) is 0.667. The van der Waals surface area contributed by atoms with Crippen LogP contribution in [0.4, 0.5) is 0 Å². The molecule has 4 nitrogen and oxygen atoms in total. The summed E-state index contributed by atoms with van der Waals surface area (Å²) >= 11 is 0. The van der Waals surface area contributed by atoms with Gasteiger partial charge in [0.15, 0.2) is 0 Å². The lowest BCUT2D eigenvalue weighted by Gasteiger charge is -2.30. The lowest BCUT2D eigenvalue weighted by Crippen LogP contribution is -2.41. The number of allylic oxidation sites excluding steroid dienone is 1. The van der Waals surface area contributed by atoms with Crippen LogP contribution in [-0.2, 0) is 4.74 Å². The van der Waals surface area contributed by atoms with Gasteiger partial charge in [-0.15, -0.1) is 0 Å². The molecule has 2 aliphatic heterocycles. The first-order valence-corrected chi connectivity index (χ1v) is 4.70.